The Morgan fingerprint density at radius 2 is 2.33 bits per heavy atom. The predicted octanol–water partition coefficient (Wildman–Crippen LogP) is 0.932. The van der Waals surface area contributed by atoms with Crippen LogP contribution in [0.15, 0.2) is 36.8 Å². The van der Waals surface area contributed by atoms with Crippen molar-refractivity contribution in [2.75, 3.05) is 13.7 Å². The van der Waals surface area contributed by atoms with E-state index in [-0.39, 0.29) is 6.61 Å². The number of aliphatic hydroxyl groups is 1. The summed E-state index contributed by atoms with van der Waals surface area (Å²) in [6, 6.07) is 7.41. The molecule has 1 unspecified atom stereocenters. The third kappa shape index (κ3) is 2.69. The van der Waals surface area contributed by atoms with Crippen molar-refractivity contribution >= 4 is 0 Å². The summed E-state index contributed by atoms with van der Waals surface area (Å²) in [4.78, 5) is 4.07. The molecule has 3 N–H and O–H groups in total. The van der Waals surface area contributed by atoms with Crippen molar-refractivity contribution in [1.82, 2.24) is 9.55 Å². The fourth-order valence-corrected chi connectivity index (χ4v) is 1.83. The number of nitrogens with zero attached hydrogens (tertiary/aromatic N) is 2. The van der Waals surface area contributed by atoms with Crippen molar-refractivity contribution in [2.45, 2.75) is 12.6 Å². The molecule has 2 aromatic rings. The van der Waals surface area contributed by atoms with Gasteiger partial charge in [0.15, 0.2) is 0 Å². The van der Waals surface area contributed by atoms with Gasteiger partial charge in [-0.3, -0.25) is 0 Å². The maximum absolute atomic E-state index is 9.09. The van der Waals surface area contributed by atoms with E-state index >= 15 is 0 Å². The smallest absolute Gasteiger partial charge is 0.119 e. The lowest BCUT2D eigenvalue weighted by Gasteiger charge is -2.13. The normalized spacial score (nSPS) is 12.4. The van der Waals surface area contributed by atoms with Gasteiger partial charge in [0.05, 0.1) is 31.8 Å². The van der Waals surface area contributed by atoms with Crippen LogP contribution in [0.1, 0.15) is 17.3 Å². The van der Waals surface area contributed by atoms with E-state index < -0.39 is 6.04 Å². The van der Waals surface area contributed by atoms with E-state index in [1.165, 1.54) is 0 Å². The van der Waals surface area contributed by atoms with Gasteiger partial charge in [0.25, 0.3) is 0 Å². The summed E-state index contributed by atoms with van der Waals surface area (Å²) in [5.74, 6) is 0.820. The summed E-state index contributed by atoms with van der Waals surface area (Å²) >= 11 is 0. The van der Waals surface area contributed by atoms with E-state index in [9.17, 15) is 0 Å². The highest BCUT2D eigenvalue weighted by Crippen LogP contribution is 2.16. The highest BCUT2D eigenvalue weighted by molar-refractivity contribution is 5.29. The summed E-state index contributed by atoms with van der Waals surface area (Å²) in [6.45, 7) is 0.560. The van der Waals surface area contributed by atoms with Crippen LogP contribution in [0.5, 0.6) is 5.75 Å². The molecule has 5 heteroatoms. The van der Waals surface area contributed by atoms with Gasteiger partial charge in [0.1, 0.15) is 5.75 Å². The van der Waals surface area contributed by atoms with Crippen LogP contribution in [0, 0.1) is 0 Å². The molecule has 1 aromatic carbocycles. The second-order valence-electron chi connectivity index (χ2n) is 4.09. The minimum Gasteiger partial charge on any atom is -0.497 e. The van der Waals surface area contributed by atoms with Gasteiger partial charge in [-0.05, 0) is 17.7 Å². The van der Waals surface area contributed by atoms with Crippen LogP contribution in [-0.2, 0) is 6.54 Å². The summed E-state index contributed by atoms with van der Waals surface area (Å²) in [5.41, 5.74) is 7.73. The van der Waals surface area contributed by atoms with E-state index in [0.29, 0.717) is 6.54 Å². The zero-order valence-electron chi connectivity index (χ0n) is 10.3. The number of benzene rings is 1. The maximum Gasteiger partial charge on any atom is 0.119 e. The number of hydrogen-bond acceptors (Lipinski definition) is 4. The third-order valence-corrected chi connectivity index (χ3v) is 2.81. The van der Waals surface area contributed by atoms with E-state index in [4.69, 9.17) is 15.6 Å². The molecule has 0 fully saturated rings. The lowest BCUT2D eigenvalue weighted by atomic mass is 10.2. The van der Waals surface area contributed by atoms with E-state index in [2.05, 4.69) is 4.98 Å². The molecular weight excluding hydrogens is 230 g/mol. The SMILES string of the molecule is COc1cccc(Cn2cncc2C(N)CO)c1. The zero-order chi connectivity index (χ0) is 13.0. The number of rotatable bonds is 5. The molecule has 96 valence electrons. The van der Waals surface area contributed by atoms with Crippen LogP contribution >= 0.6 is 0 Å². The average molecular weight is 247 g/mol. The lowest BCUT2D eigenvalue weighted by Crippen LogP contribution is -2.19. The Morgan fingerprint density at radius 1 is 1.50 bits per heavy atom. The Morgan fingerprint density at radius 3 is 3.06 bits per heavy atom. The van der Waals surface area contributed by atoms with Crippen LogP contribution < -0.4 is 10.5 Å². The van der Waals surface area contributed by atoms with Gasteiger partial charge in [0, 0.05) is 12.7 Å². The Bertz CT molecular complexity index is 510. The predicted molar refractivity (Wildman–Crippen MR) is 68.3 cm³/mol. The summed E-state index contributed by atoms with van der Waals surface area (Å²) in [7, 11) is 1.64. The fraction of sp³-hybridized carbons (Fsp3) is 0.308. The first-order valence-corrected chi connectivity index (χ1v) is 5.74. The Balaban J connectivity index is 2.20. The minimum atomic E-state index is -0.405. The number of aliphatic hydroxyl groups excluding tert-OH is 1. The van der Waals surface area contributed by atoms with E-state index in [1.807, 2.05) is 28.8 Å². The molecule has 0 aliphatic heterocycles. The minimum absolute atomic E-state index is 0.0934. The molecule has 0 spiro atoms. The maximum atomic E-state index is 9.09. The largest absolute Gasteiger partial charge is 0.497 e. The quantitative estimate of drug-likeness (QED) is 0.824. The molecule has 18 heavy (non-hydrogen) atoms. The number of imidazole rings is 1. The summed E-state index contributed by atoms with van der Waals surface area (Å²) < 4.78 is 7.11. The first kappa shape index (κ1) is 12.6. The van der Waals surface area contributed by atoms with Gasteiger partial charge in [-0.15, -0.1) is 0 Å². The monoisotopic (exact) mass is 247 g/mol. The van der Waals surface area contributed by atoms with Crippen molar-refractivity contribution in [3.63, 3.8) is 0 Å². The molecule has 0 radical (unpaired) electrons. The number of aromatic nitrogens is 2. The molecule has 1 atom stereocenters. The molecule has 1 heterocycles. The van der Waals surface area contributed by atoms with E-state index in [0.717, 1.165) is 17.0 Å². The van der Waals surface area contributed by atoms with Crippen molar-refractivity contribution in [3.8, 4) is 5.75 Å². The van der Waals surface area contributed by atoms with Gasteiger partial charge >= 0.3 is 0 Å². The van der Waals surface area contributed by atoms with Crippen LogP contribution in [0.2, 0.25) is 0 Å². The second-order valence-corrected chi connectivity index (χ2v) is 4.09. The topological polar surface area (TPSA) is 73.3 Å². The van der Waals surface area contributed by atoms with Gasteiger partial charge in [0.2, 0.25) is 0 Å². The van der Waals surface area contributed by atoms with E-state index in [1.54, 1.807) is 19.6 Å². The average Bonchev–Trinajstić information content (AvgIpc) is 2.86. The van der Waals surface area contributed by atoms with Gasteiger partial charge < -0.3 is 20.1 Å². The van der Waals surface area contributed by atoms with Crippen LogP contribution in [0.25, 0.3) is 0 Å². The molecular formula is C13H17N3O2. The van der Waals surface area contributed by atoms with Crippen LogP contribution in [0.4, 0.5) is 0 Å². The molecule has 0 aliphatic carbocycles. The van der Waals surface area contributed by atoms with Crippen molar-refractivity contribution < 1.29 is 9.84 Å². The zero-order valence-corrected chi connectivity index (χ0v) is 10.3. The second kappa shape index (κ2) is 5.66. The van der Waals surface area contributed by atoms with Gasteiger partial charge in [-0.25, -0.2) is 4.98 Å². The van der Waals surface area contributed by atoms with Crippen LogP contribution in [-0.4, -0.2) is 28.4 Å². The standard InChI is InChI=1S/C13H17N3O2/c1-18-11-4-2-3-10(5-11)7-16-9-15-6-13(16)12(14)8-17/h2-6,9,12,17H,7-8,14H2,1H3. The third-order valence-electron chi connectivity index (χ3n) is 2.81. The molecule has 2 rings (SSSR count). The molecule has 0 bridgehead atoms. The molecule has 0 saturated heterocycles. The highest BCUT2D eigenvalue weighted by Gasteiger charge is 2.10. The highest BCUT2D eigenvalue weighted by atomic mass is 16.5. The van der Waals surface area contributed by atoms with Gasteiger partial charge in [-0.2, -0.15) is 0 Å². The van der Waals surface area contributed by atoms with Gasteiger partial charge in [-0.1, -0.05) is 12.1 Å². The van der Waals surface area contributed by atoms with Crippen LogP contribution in [0.3, 0.4) is 0 Å². The molecule has 5 nitrogen and oxygen atoms in total. The first-order valence-electron chi connectivity index (χ1n) is 5.74. The Hall–Kier alpha value is -1.85. The van der Waals surface area contributed by atoms with Crippen molar-refractivity contribution in [1.29, 1.82) is 0 Å². The molecule has 0 saturated carbocycles. The Kier molecular flexibility index (Phi) is 3.96. The molecule has 0 aliphatic rings. The van der Waals surface area contributed by atoms with Crippen molar-refractivity contribution in [2.24, 2.45) is 5.73 Å². The molecule has 0 amide bonds. The first-order chi connectivity index (χ1) is 8.74. The molecule has 1 aromatic heterocycles. The number of ether oxygens (including phenoxy) is 1. The van der Waals surface area contributed by atoms with Crippen molar-refractivity contribution in [3.05, 3.63) is 48.0 Å². The number of methoxy groups -OCH3 is 1. The Labute approximate surface area is 106 Å². The number of nitrogens with two attached hydrogens (primary N) is 1. The summed E-state index contributed by atoms with van der Waals surface area (Å²) in [6.07, 6.45) is 3.39. The fourth-order valence-electron chi connectivity index (χ4n) is 1.83. The lowest BCUT2D eigenvalue weighted by molar-refractivity contribution is 0.263. The summed E-state index contributed by atoms with van der Waals surface area (Å²) in [5, 5.41) is 9.09. The number of hydrogen-bond donors (Lipinski definition) is 2.